The van der Waals surface area contributed by atoms with Gasteiger partial charge in [-0.05, 0) is 60.2 Å². The van der Waals surface area contributed by atoms with Crippen LogP contribution in [0.4, 0.5) is 0 Å². The number of pyridine rings is 1. The summed E-state index contributed by atoms with van der Waals surface area (Å²) in [6.07, 6.45) is 7.23. The lowest BCUT2D eigenvalue weighted by Gasteiger charge is -2.11. The molecule has 0 saturated carbocycles. The summed E-state index contributed by atoms with van der Waals surface area (Å²) in [5.41, 5.74) is 2.29. The Labute approximate surface area is 158 Å². The molecule has 0 bridgehead atoms. The maximum Gasteiger partial charge on any atom is 0.266 e. The SMILES string of the molecule is O=c1c2ccccc2nc(/C=C/c2cccnc2)n1-c1ccc(Br)cc1. The molecule has 2 aromatic heterocycles. The van der Waals surface area contributed by atoms with Crippen LogP contribution in [0.3, 0.4) is 0 Å². The summed E-state index contributed by atoms with van der Waals surface area (Å²) in [6, 6.07) is 18.8. The Morgan fingerprint density at radius 1 is 0.923 bits per heavy atom. The first-order chi connectivity index (χ1) is 12.7. The molecule has 0 N–H and O–H groups in total. The van der Waals surface area contributed by atoms with Crippen LogP contribution in [0.2, 0.25) is 0 Å². The van der Waals surface area contributed by atoms with E-state index < -0.39 is 0 Å². The van der Waals surface area contributed by atoms with E-state index in [0.717, 1.165) is 15.7 Å². The summed E-state index contributed by atoms with van der Waals surface area (Å²) in [5.74, 6) is 0.569. The zero-order chi connectivity index (χ0) is 17.9. The van der Waals surface area contributed by atoms with Crippen molar-refractivity contribution in [3.63, 3.8) is 0 Å². The van der Waals surface area contributed by atoms with E-state index in [9.17, 15) is 4.79 Å². The minimum absolute atomic E-state index is 0.0937. The van der Waals surface area contributed by atoms with E-state index in [1.54, 1.807) is 23.0 Å². The molecule has 0 saturated heterocycles. The third-order valence-electron chi connectivity index (χ3n) is 4.00. The van der Waals surface area contributed by atoms with Gasteiger partial charge in [0.15, 0.2) is 0 Å². The van der Waals surface area contributed by atoms with Crippen molar-refractivity contribution in [3.8, 4) is 5.69 Å². The Morgan fingerprint density at radius 2 is 1.73 bits per heavy atom. The summed E-state index contributed by atoms with van der Waals surface area (Å²) in [4.78, 5) is 21.9. The summed E-state index contributed by atoms with van der Waals surface area (Å²) >= 11 is 3.43. The van der Waals surface area contributed by atoms with Crippen LogP contribution >= 0.6 is 15.9 Å². The van der Waals surface area contributed by atoms with E-state index >= 15 is 0 Å². The number of halogens is 1. The van der Waals surface area contributed by atoms with E-state index in [-0.39, 0.29) is 5.56 Å². The number of rotatable bonds is 3. The van der Waals surface area contributed by atoms with E-state index in [4.69, 9.17) is 4.98 Å². The lowest BCUT2D eigenvalue weighted by atomic mass is 10.2. The molecule has 0 fully saturated rings. The van der Waals surface area contributed by atoms with Crippen molar-refractivity contribution in [2.24, 2.45) is 0 Å². The molecule has 0 radical (unpaired) electrons. The molecule has 0 amide bonds. The first kappa shape index (κ1) is 16.4. The van der Waals surface area contributed by atoms with Crippen molar-refractivity contribution >= 4 is 39.0 Å². The number of hydrogen-bond acceptors (Lipinski definition) is 3. The van der Waals surface area contributed by atoms with Gasteiger partial charge in [0.2, 0.25) is 0 Å². The number of para-hydroxylation sites is 1. The van der Waals surface area contributed by atoms with Crippen LogP contribution in [-0.2, 0) is 0 Å². The molecule has 2 aromatic carbocycles. The largest absolute Gasteiger partial charge is 0.268 e. The van der Waals surface area contributed by atoms with Crippen LogP contribution < -0.4 is 5.56 Å². The molecule has 4 aromatic rings. The molecule has 0 aliphatic carbocycles. The number of fused-ring (bicyclic) bond motifs is 1. The van der Waals surface area contributed by atoms with Crippen molar-refractivity contribution in [2.45, 2.75) is 0 Å². The molecular weight excluding hydrogens is 390 g/mol. The predicted molar refractivity (Wildman–Crippen MR) is 108 cm³/mol. The first-order valence-electron chi connectivity index (χ1n) is 8.08. The minimum atomic E-state index is -0.0937. The molecule has 5 heteroatoms. The van der Waals surface area contributed by atoms with Crippen LogP contribution in [0.1, 0.15) is 11.4 Å². The summed E-state index contributed by atoms with van der Waals surface area (Å²) in [6.45, 7) is 0. The number of benzene rings is 2. The molecule has 0 spiro atoms. The van der Waals surface area contributed by atoms with Gasteiger partial charge in [-0.3, -0.25) is 14.3 Å². The van der Waals surface area contributed by atoms with Gasteiger partial charge in [-0.1, -0.05) is 34.1 Å². The van der Waals surface area contributed by atoms with Crippen LogP contribution in [0.15, 0.2) is 82.3 Å². The van der Waals surface area contributed by atoms with Gasteiger partial charge in [-0.25, -0.2) is 4.98 Å². The molecule has 4 nitrogen and oxygen atoms in total. The van der Waals surface area contributed by atoms with Crippen LogP contribution in [0, 0.1) is 0 Å². The summed E-state index contributed by atoms with van der Waals surface area (Å²) < 4.78 is 2.58. The lowest BCUT2D eigenvalue weighted by molar-refractivity contribution is 0.943. The average molecular weight is 404 g/mol. The third kappa shape index (κ3) is 3.21. The first-order valence-corrected chi connectivity index (χ1v) is 8.87. The Balaban J connectivity index is 1.95. The second-order valence-corrected chi connectivity index (χ2v) is 6.64. The Morgan fingerprint density at radius 3 is 2.50 bits per heavy atom. The van der Waals surface area contributed by atoms with Crippen molar-refractivity contribution in [1.29, 1.82) is 0 Å². The fourth-order valence-corrected chi connectivity index (χ4v) is 3.01. The molecule has 126 valence electrons. The molecular formula is C21H14BrN3O. The number of nitrogens with zero attached hydrogens (tertiary/aromatic N) is 3. The maximum absolute atomic E-state index is 13.1. The fraction of sp³-hybridized carbons (Fsp3) is 0. The second-order valence-electron chi connectivity index (χ2n) is 5.72. The third-order valence-corrected chi connectivity index (χ3v) is 4.52. The predicted octanol–water partition coefficient (Wildman–Crippen LogP) is 4.71. The highest BCUT2D eigenvalue weighted by Crippen LogP contribution is 2.17. The number of aromatic nitrogens is 3. The molecule has 0 unspecified atom stereocenters. The standard InChI is InChI=1S/C21H14BrN3O/c22-16-8-10-17(11-9-16)25-20(12-7-15-4-3-13-23-14-15)24-19-6-2-1-5-18(19)21(25)26/h1-14H/b12-7+. The van der Waals surface area contributed by atoms with Gasteiger partial charge in [-0.15, -0.1) is 0 Å². The van der Waals surface area contributed by atoms with Gasteiger partial charge in [-0.2, -0.15) is 0 Å². The topological polar surface area (TPSA) is 47.8 Å². The van der Waals surface area contributed by atoms with Crippen LogP contribution in [0.5, 0.6) is 0 Å². The smallest absolute Gasteiger partial charge is 0.266 e. The van der Waals surface area contributed by atoms with Gasteiger partial charge >= 0.3 is 0 Å². The fourth-order valence-electron chi connectivity index (χ4n) is 2.75. The molecule has 26 heavy (non-hydrogen) atoms. The zero-order valence-corrected chi connectivity index (χ0v) is 15.3. The Bertz CT molecular complexity index is 1150. The van der Waals surface area contributed by atoms with E-state index in [2.05, 4.69) is 20.9 Å². The zero-order valence-electron chi connectivity index (χ0n) is 13.7. The maximum atomic E-state index is 13.1. The van der Waals surface area contributed by atoms with Crippen molar-refractivity contribution < 1.29 is 0 Å². The summed E-state index contributed by atoms with van der Waals surface area (Å²) in [5, 5.41) is 0.592. The highest BCUT2D eigenvalue weighted by molar-refractivity contribution is 9.10. The minimum Gasteiger partial charge on any atom is -0.268 e. The lowest BCUT2D eigenvalue weighted by Crippen LogP contribution is -2.22. The second kappa shape index (κ2) is 7.06. The van der Waals surface area contributed by atoms with Crippen molar-refractivity contribution in [3.05, 3.63) is 99.3 Å². The van der Waals surface area contributed by atoms with Crippen molar-refractivity contribution in [2.75, 3.05) is 0 Å². The highest BCUT2D eigenvalue weighted by Gasteiger charge is 2.10. The molecule has 0 aliphatic heterocycles. The quantitative estimate of drug-likeness (QED) is 0.497. The van der Waals surface area contributed by atoms with Crippen molar-refractivity contribution in [1.82, 2.24) is 14.5 Å². The van der Waals surface area contributed by atoms with Gasteiger partial charge in [0.1, 0.15) is 5.82 Å². The highest BCUT2D eigenvalue weighted by atomic mass is 79.9. The Kier molecular flexibility index (Phi) is 4.46. The van der Waals surface area contributed by atoms with E-state index in [0.29, 0.717) is 16.7 Å². The van der Waals surface area contributed by atoms with Gasteiger partial charge in [0.05, 0.1) is 16.6 Å². The molecule has 0 atom stereocenters. The van der Waals surface area contributed by atoms with Crippen LogP contribution in [-0.4, -0.2) is 14.5 Å². The Hall–Kier alpha value is -3.05. The monoisotopic (exact) mass is 403 g/mol. The van der Waals surface area contributed by atoms with Gasteiger partial charge in [0, 0.05) is 16.9 Å². The summed E-state index contributed by atoms with van der Waals surface area (Å²) in [7, 11) is 0. The molecule has 0 aliphatic rings. The van der Waals surface area contributed by atoms with E-state index in [1.807, 2.05) is 66.7 Å². The van der Waals surface area contributed by atoms with E-state index in [1.165, 1.54) is 0 Å². The molecule has 2 heterocycles. The van der Waals surface area contributed by atoms with Crippen LogP contribution in [0.25, 0.3) is 28.7 Å². The number of hydrogen-bond donors (Lipinski definition) is 0. The normalized spacial score (nSPS) is 11.3. The average Bonchev–Trinajstić information content (AvgIpc) is 2.68. The van der Waals surface area contributed by atoms with Gasteiger partial charge in [0.25, 0.3) is 5.56 Å². The molecule has 4 rings (SSSR count). The van der Waals surface area contributed by atoms with Gasteiger partial charge < -0.3 is 0 Å².